The summed E-state index contributed by atoms with van der Waals surface area (Å²) in [5.41, 5.74) is 1.39. The number of nitrogens with one attached hydrogen (secondary N) is 1. The SMILES string of the molecule is Cn1cc(S(=O)(=O)Nc2ccc(N3CCCC3)c(Cl)c2)cn1. The van der Waals surface area contributed by atoms with Crippen LogP contribution in [0.2, 0.25) is 5.02 Å². The molecule has 0 spiro atoms. The van der Waals surface area contributed by atoms with Crippen LogP contribution in [0, 0.1) is 0 Å². The fourth-order valence-electron chi connectivity index (χ4n) is 2.54. The molecular weight excluding hydrogens is 324 g/mol. The first kappa shape index (κ1) is 15.2. The Morgan fingerprint density at radius 2 is 2.00 bits per heavy atom. The Labute approximate surface area is 134 Å². The molecule has 118 valence electrons. The molecule has 1 aliphatic rings. The maximum atomic E-state index is 12.2. The summed E-state index contributed by atoms with van der Waals surface area (Å²) in [6, 6.07) is 5.23. The van der Waals surface area contributed by atoms with Crippen LogP contribution < -0.4 is 9.62 Å². The summed E-state index contributed by atoms with van der Waals surface area (Å²) in [6.07, 6.45) is 5.07. The summed E-state index contributed by atoms with van der Waals surface area (Å²) >= 11 is 6.30. The lowest BCUT2D eigenvalue weighted by atomic mass is 10.2. The Hall–Kier alpha value is -1.73. The molecule has 6 nitrogen and oxygen atoms in total. The van der Waals surface area contributed by atoms with E-state index in [-0.39, 0.29) is 4.90 Å². The number of hydrogen-bond acceptors (Lipinski definition) is 4. The van der Waals surface area contributed by atoms with E-state index in [1.807, 2.05) is 6.07 Å². The van der Waals surface area contributed by atoms with Crippen molar-refractivity contribution in [3.8, 4) is 0 Å². The van der Waals surface area contributed by atoms with Crippen molar-refractivity contribution in [3.05, 3.63) is 35.6 Å². The lowest BCUT2D eigenvalue weighted by Crippen LogP contribution is -2.18. The van der Waals surface area contributed by atoms with Crippen molar-refractivity contribution >= 4 is 33.0 Å². The lowest BCUT2D eigenvalue weighted by molar-refractivity contribution is 0.601. The highest BCUT2D eigenvalue weighted by Gasteiger charge is 2.18. The minimum atomic E-state index is -3.65. The van der Waals surface area contributed by atoms with Gasteiger partial charge in [-0.2, -0.15) is 5.10 Å². The molecule has 1 aromatic heterocycles. The number of rotatable bonds is 4. The molecule has 0 unspecified atom stereocenters. The summed E-state index contributed by atoms with van der Waals surface area (Å²) < 4.78 is 28.5. The molecule has 0 saturated carbocycles. The molecule has 3 rings (SSSR count). The number of sulfonamides is 1. The van der Waals surface area contributed by atoms with Crippen LogP contribution in [0.5, 0.6) is 0 Å². The van der Waals surface area contributed by atoms with Gasteiger partial charge in [-0.1, -0.05) is 11.6 Å². The Bertz CT molecular complexity index is 782. The summed E-state index contributed by atoms with van der Waals surface area (Å²) in [6.45, 7) is 1.97. The molecule has 1 aromatic carbocycles. The van der Waals surface area contributed by atoms with Gasteiger partial charge in [0.25, 0.3) is 10.0 Å². The maximum absolute atomic E-state index is 12.2. The van der Waals surface area contributed by atoms with Crippen LogP contribution in [0.3, 0.4) is 0 Å². The first-order valence-electron chi connectivity index (χ1n) is 7.02. The Balaban J connectivity index is 1.82. The summed E-state index contributed by atoms with van der Waals surface area (Å²) in [4.78, 5) is 2.33. The highest BCUT2D eigenvalue weighted by molar-refractivity contribution is 7.92. The smallest absolute Gasteiger partial charge is 0.265 e. The van der Waals surface area contributed by atoms with Crippen LogP contribution in [0.1, 0.15) is 12.8 Å². The Morgan fingerprint density at radius 3 is 2.59 bits per heavy atom. The third kappa shape index (κ3) is 3.05. The van der Waals surface area contributed by atoms with Crippen LogP contribution >= 0.6 is 11.6 Å². The molecule has 0 radical (unpaired) electrons. The van der Waals surface area contributed by atoms with E-state index in [1.165, 1.54) is 17.1 Å². The normalized spacial score (nSPS) is 15.3. The van der Waals surface area contributed by atoms with Gasteiger partial charge in [0.2, 0.25) is 0 Å². The van der Waals surface area contributed by atoms with Crippen molar-refractivity contribution in [1.82, 2.24) is 9.78 Å². The van der Waals surface area contributed by atoms with Gasteiger partial charge in [0, 0.05) is 26.3 Å². The average molecular weight is 341 g/mol. The minimum absolute atomic E-state index is 0.120. The molecule has 2 heterocycles. The van der Waals surface area contributed by atoms with Crippen molar-refractivity contribution in [2.24, 2.45) is 7.05 Å². The van der Waals surface area contributed by atoms with Crippen LogP contribution in [0.25, 0.3) is 0 Å². The fourth-order valence-corrected chi connectivity index (χ4v) is 3.87. The molecule has 0 amide bonds. The van der Waals surface area contributed by atoms with Gasteiger partial charge in [0.1, 0.15) is 4.90 Å². The number of hydrogen-bond donors (Lipinski definition) is 1. The van der Waals surface area contributed by atoms with Crippen LogP contribution in [-0.4, -0.2) is 31.3 Å². The second-order valence-electron chi connectivity index (χ2n) is 5.32. The Morgan fingerprint density at radius 1 is 1.27 bits per heavy atom. The van der Waals surface area contributed by atoms with Gasteiger partial charge in [0.15, 0.2) is 0 Å². The van der Waals surface area contributed by atoms with E-state index in [1.54, 1.807) is 19.2 Å². The highest BCUT2D eigenvalue weighted by Crippen LogP contribution is 2.31. The van der Waals surface area contributed by atoms with Gasteiger partial charge in [-0.25, -0.2) is 8.42 Å². The van der Waals surface area contributed by atoms with E-state index in [0.29, 0.717) is 10.7 Å². The number of anilines is 2. The molecule has 8 heteroatoms. The third-order valence-corrected chi connectivity index (χ3v) is 5.28. The lowest BCUT2D eigenvalue weighted by Gasteiger charge is -2.19. The van der Waals surface area contributed by atoms with Crippen LogP contribution in [0.4, 0.5) is 11.4 Å². The zero-order valence-electron chi connectivity index (χ0n) is 12.2. The van der Waals surface area contributed by atoms with Gasteiger partial charge < -0.3 is 4.90 Å². The van der Waals surface area contributed by atoms with Crippen molar-refractivity contribution in [2.45, 2.75) is 17.7 Å². The zero-order chi connectivity index (χ0) is 15.7. The molecule has 22 heavy (non-hydrogen) atoms. The second-order valence-corrected chi connectivity index (χ2v) is 7.41. The molecule has 0 aliphatic carbocycles. The molecule has 1 saturated heterocycles. The quantitative estimate of drug-likeness (QED) is 0.928. The van der Waals surface area contributed by atoms with Gasteiger partial charge in [-0.15, -0.1) is 0 Å². The van der Waals surface area contributed by atoms with Gasteiger partial charge in [0.05, 0.1) is 22.6 Å². The molecule has 0 atom stereocenters. The molecule has 1 aliphatic heterocycles. The van der Waals surface area contributed by atoms with E-state index in [0.717, 1.165) is 31.6 Å². The molecule has 1 N–H and O–H groups in total. The largest absolute Gasteiger partial charge is 0.370 e. The molecule has 1 fully saturated rings. The van der Waals surface area contributed by atoms with Gasteiger partial charge >= 0.3 is 0 Å². The minimum Gasteiger partial charge on any atom is -0.370 e. The molecular formula is C14H17ClN4O2S. The molecule has 2 aromatic rings. The van der Waals surface area contributed by atoms with Crippen LogP contribution in [0.15, 0.2) is 35.5 Å². The van der Waals surface area contributed by atoms with Crippen molar-refractivity contribution in [2.75, 3.05) is 22.7 Å². The standard InChI is InChI=1S/C14H17ClN4O2S/c1-18-10-12(9-16-18)22(20,21)17-11-4-5-14(13(15)8-11)19-6-2-3-7-19/h4-5,8-10,17H,2-3,6-7H2,1H3. The first-order chi connectivity index (χ1) is 10.5. The summed E-state index contributed by atoms with van der Waals surface area (Å²) in [5, 5.41) is 4.42. The average Bonchev–Trinajstić information content (AvgIpc) is 3.09. The van der Waals surface area contributed by atoms with E-state index in [2.05, 4.69) is 14.7 Å². The fraction of sp³-hybridized carbons (Fsp3) is 0.357. The number of benzene rings is 1. The van der Waals surface area contributed by atoms with E-state index < -0.39 is 10.0 Å². The van der Waals surface area contributed by atoms with Crippen molar-refractivity contribution in [1.29, 1.82) is 0 Å². The predicted molar refractivity (Wildman–Crippen MR) is 86.9 cm³/mol. The zero-order valence-corrected chi connectivity index (χ0v) is 13.7. The second kappa shape index (κ2) is 5.81. The number of halogens is 1. The summed E-state index contributed by atoms with van der Waals surface area (Å²) in [7, 11) is -1.98. The predicted octanol–water partition coefficient (Wildman–Crippen LogP) is 2.47. The number of aryl methyl sites for hydroxylation is 1. The van der Waals surface area contributed by atoms with Gasteiger partial charge in [-0.3, -0.25) is 9.40 Å². The van der Waals surface area contributed by atoms with Crippen molar-refractivity contribution in [3.63, 3.8) is 0 Å². The highest BCUT2D eigenvalue weighted by atomic mass is 35.5. The van der Waals surface area contributed by atoms with E-state index in [9.17, 15) is 8.42 Å². The van der Waals surface area contributed by atoms with Crippen molar-refractivity contribution < 1.29 is 8.42 Å². The number of aromatic nitrogens is 2. The first-order valence-corrected chi connectivity index (χ1v) is 8.88. The monoisotopic (exact) mass is 340 g/mol. The molecule has 0 bridgehead atoms. The topological polar surface area (TPSA) is 67.2 Å². The third-order valence-electron chi connectivity index (χ3n) is 3.64. The summed E-state index contributed by atoms with van der Waals surface area (Å²) in [5.74, 6) is 0. The van der Waals surface area contributed by atoms with E-state index >= 15 is 0 Å². The Kier molecular flexibility index (Phi) is 4.01. The van der Waals surface area contributed by atoms with Crippen LogP contribution in [-0.2, 0) is 17.1 Å². The maximum Gasteiger partial charge on any atom is 0.265 e. The number of nitrogens with zero attached hydrogens (tertiary/aromatic N) is 3. The van der Waals surface area contributed by atoms with E-state index in [4.69, 9.17) is 11.6 Å². The van der Waals surface area contributed by atoms with Gasteiger partial charge in [-0.05, 0) is 31.0 Å².